The average molecular weight is 610 g/mol. The van der Waals surface area contributed by atoms with E-state index in [1.54, 1.807) is 0 Å². The van der Waals surface area contributed by atoms with Gasteiger partial charge in [0, 0.05) is 0 Å². The Morgan fingerprint density at radius 2 is 0.474 bits per heavy atom. The number of allylic oxidation sites excluding steroid dienone is 8. The maximum atomic E-state index is 15.0. The topological polar surface area (TPSA) is 0 Å². The van der Waals surface area contributed by atoms with Gasteiger partial charge in [0.2, 0.25) is 0 Å². The second-order valence-corrected chi connectivity index (χ2v) is 7.29. The summed E-state index contributed by atoms with van der Waals surface area (Å²) in [5.74, 6) is -55.1. The molecule has 0 aromatic heterocycles. The van der Waals surface area contributed by atoms with Gasteiger partial charge in [0.05, 0.1) is 0 Å². The molecule has 0 saturated heterocycles. The van der Waals surface area contributed by atoms with E-state index < -0.39 is 93.5 Å². The molecular formula is C16F22. The molecule has 38 heavy (non-hydrogen) atoms. The van der Waals surface area contributed by atoms with Gasteiger partial charge in [0.25, 0.3) is 22.7 Å². The summed E-state index contributed by atoms with van der Waals surface area (Å²) < 4.78 is 298. The van der Waals surface area contributed by atoms with Gasteiger partial charge in [-0.15, -0.1) is 0 Å². The molecule has 0 spiro atoms. The Morgan fingerprint density at radius 1 is 0.316 bits per heavy atom. The molecule has 0 saturated carbocycles. The molecule has 0 aliphatic heterocycles. The monoisotopic (exact) mass is 610 g/mol. The standard InChI is InChI=1S/C16F22/c17-1-5(21)11(27,13(29,30)15(33,34)35)6(22)2(18)9(1,25)10(26)3(19)7(23)12(28,8(24)4(10)20)14(31,32)16(36,37)38. The lowest BCUT2D eigenvalue weighted by molar-refractivity contribution is -0.321. The van der Waals surface area contributed by atoms with E-state index in [1.807, 2.05) is 0 Å². The molecular weight excluding hydrogens is 610 g/mol. The highest BCUT2D eigenvalue weighted by Gasteiger charge is 2.85. The number of hydrogen-bond acceptors (Lipinski definition) is 0. The second kappa shape index (κ2) is 7.98. The van der Waals surface area contributed by atoms with E-state index in [4.69, 9.17) is 0 Å². The molecule has 0 atom stereocenters. The van der Waals surface area contributed by atoms with Crippen LogP contribution in [0.5, 0.6) is 0 Å². The SMILES string of the molecule is FC1=C(F)C(F)(C(F)(F)C(F)(F)F)C(F)=C(F)C1(F)C1(F)C(F)=C(F)C(F)(C(F)(F)C(F)(F)F)C(F)=C1F. The van der Waals surface area contributed by atoms with Gasteiger partial charge in [0.15, 0.2) is 46.6 Å². The first-order valence-corrected chi connectivity index (χ1v) is 8.41. The van der Waals surface area contributed by atoms with Gasteiger partial charge in [-0.3, -0.25) is 0 Å². The lowest BCUT2D eigenvalue weighted by Crippen LogP contribution is -2.63. The van der Waals surface area contributed by atoms with E-state index in [2.05, 4.69) is 0 Å². The quantitative estimate of drug-likeness (QED) is 0.281. The molecule has 0 bridgehead atoms. The van der Waals surface area contributed by atoms with Crippen LogP contribution in [-0.4, -0.2) is 46.9 Å². The van der Waals surface area contributed by atoms with E-state index in [-0.39, 0.29) is 0 Å². The Morgan fingerprint density at radius 3 is 0.605 bits per heavy atom. The molecule has 2 aliphatic carbocycles. The van der Waals surface area contributed by atoms with Crippen LogP contribution in [0.15, 0.2) is 46.6 Å². The van der Waals surface area contributed by atoms with Crippen LogP contribution >= 0.6 is 0 Å². The van der Waals surface area contributed by atoms with Crippen molar-refractivity contribution < 1.29 is 96.6 Å². The lowest BCUT2D eigenvalue weighted by atomic mass is 9.70. The number of alkyl halides is 14. The molecule has 0 unspecified atom stereocenters. The molecule has 0 N–H and O–H groups in total. The fourth-order valence-electron chi connectivity index (χ4n) is 3.14. The Kier molecular flexibility index (Phi) is 6.64. The summed E-state index contributed by atoms with van der Waals surface area (Å²) >= 11 is 0. The maximum Gasteiger partial charge on any atom is 0.457 e. The van der Waals surface area contributed by atoms with Crippen molar-refractivity contribution in [2.45, 2.75) is 46.9 Å². The van der Waals surface area contributed by atoms with Crippen LogP contribution < -0.4 is 0 Å². The van der Waals surface area contributed by atoms with Crippen molar-refractivity contribution >= 4 is 0 Å². The van der Waals surface area contributed by atoms with Crippen molar-refractivity contribution in [1.82, 2.24) is 0 Å². The van der Waals surface area contributed by atoms with Crippen molar-refractivity contribution in [2.24, 2.45) is 0 Å². The van der Waals surface area contributed by atoms with Gasteiger partial charge in [-0.1, -0.05) is 0 Å². The summed E-state index contributed by atoms with van der Waals surface area (Å²) in [4.78, 5) is 0. The van der Waals surface area contributed by atoms with Gasteiger partial charge in [0.1, 0.15) is 0 Å². The molecule has 0 nitrogen and oxygen atoms in total. The Hall–Kier alpha value is -2.58. The molecule has 0 aromatic rings. The van der Waals surface area contributed by atoms with Crippen molar-refractivity contribution in [3.63, 3.8) is 0 Å². The molecule has 0 radical (unpaired) electrons. The summed E-state index contributed by atoms with van der Waals surface area (Å²) in [6, 6.07) is 0. The molecule has 0 amide bonds. The zero-order valence-corrected chi connectivity index (χ0v) is 16.3. The average Bonchev–Trinajstić information content (AvgIpc) is 2.79. The van der Waals surface area contributed by atoms with Crippen LogP contribution in [0.3, 0.4) is 0 Å². The first-order valence-electron chi connectivity index (χ1n) is 8.41. The number of rotatable bonds is 3. The van der Waals surface area contributed by atoms with E-state index in [0.717, 1.165) is 0 Å². The number of hydrogen-bond donors (Lipinski definition) is 0. The lowest BCUT2D eigenvalue weighted by Gasteiger charge is -2.44. The predicted molar refractivity (Wildman–Crippen MR) is 74.3 cm³/mol. The fraction of sp³-hybridized carbons (Fsp3) is 0.500. The Balaban J connectivity index is 3.06. The van der Waals surface area contributed by atoms with Crippen LogP contribution in [-0.2, 0) is 0 Å². The van der Waals surface area contributed by atoms with E-state index in [1.165, 1.54) is 0 Å². The fourth-order valence-corrected chi connectivity index (χ4v) is 3.14. The highest BCUT2D eigenvalue weighted by atomic mass is 19.4. The molecule has 2 rings (SSSR count). The van der Waals surface area contributed by atoms with E-state index in [0.29, 0.717) is 0 Å². The largest absolute Gasteiger partial charge is 0.457 e. The zero-order valence-electron chi connectivity index (χ0n) is 16.3. The van der Waals surface area contributed by atoms with Gasteiger partial charge >= 0.3 is 24.2 Å². The first kappa shape index (κ1) is 31.6. The zero-order chi connectivity index (χ0) is 30.6. The molecule has 2 aliphatic rings. The predicted octanol–water partition coefficient (Wildman–Crippen LogP) is 8.84. The van der Waals surface area contributed by atoms with Crippen LogP contribution in [0.25, 0.3) is 0 Å². The third-order valence-electron chi connectivity index (χ3n) is 5.24. The van der Waals surface area contributed by atoms with Gasteiger partial charge in [-0.05, 0) is 0 Å². The summed E-state index contributed by atoms with van der Waals surface area (Å²) in [5.41, 5.74) is -28.8. The number of halogens is 22. The highest BCUT2D eigenvalue weighted by Crippen LogP contribution is 2.67. The minimum absolute atomic E-state index is 4.95. The molecule has 0 fully saturated rings. The second-order valence-electron chi connectivity index (χ2n) is 7.29. The molecule has 22 heteroatoms. The van der Waals surface area contributed by atoms with Gasteiger partial charge < -0.3 is 0 Å². The Labute approximate surface area is 191 Å². The first-order chi connectivity index (χ1) is 16.5. The van der Waals surface area contributed by atoms with Crippen molar-refractivity contribution in [1.29, 1.82) is 0 Å². The summed E-state index contributed by atoms with van der Waals surface area (Å²) in [6.07, 6.45) is -15.1. The van der Waals surface area contributed by atoms with Gasteiger partial charge in [-0.2, -0.15) is 43.9 Å². The van der Waals surface area contributed by atoms with Gasteiger partial charge in [-0.25, -0.2) is 52.7 Å². The molecule has 218 valence electrons. The summed E-state index contributed by atoms with van der Waals surface area (Å²) in [5, 5.41) is 0. The van der Waals surface area contributed by atoms with Crippen LogP contribution in [0, 0.1) is 0 Å². The van der Waals surface area contributed by atoms with Crippen LogP contribution in [0.4, 0.5) is 96.6 Å². The summed E-state index contributed by atoms with van der Waals surface area (Å²) in [7, 11) is 0. The van der Waals surface area contributed by atoms with Crippen molar-refractivity contribution in [3.05, 3.63) is 46.6 Å². The minimum atomic E-state index is -7.71. The Bertz CT molecular complexity index is 1030. The van der Waals surface area contributed by atoms with Crippen molar-refractivity contribution in [2.75, 3.05) is 0 Å². The van der Waals surface area contributed by atoms with E-state index in [9.17, 15) is 96.6 Å². The van der Waals surface area contributed by atoms with Crippen LogP contribution in [0.2, 0.25) is 0 Å². The third-order valence-corrected chi connectivity index (χ3v) is 5.24. The highest BCUT2D eigenvalue weighted by molar-refractivity contribution is 5.58. The minimum Gasteiger partial charge on any atom is -0.223 e. The van der Waals surface area contributed by atoms with Crippen molar-refractivity contribution in [3.8, 4) is 0 Å². The molecule has 0 aromatic carbocycles. The van der Waals surface area contributed by atoms with Crippen LogP contribution in [0.1, 0.15) is 0 Å². The normalized spacial score (nSPS) is 34.6. The third kappa shape index (κ3) is 3.10. The smallest absolute Gasteiger partial charge is 0.223 e. The van der Waals surface area contributed by atoms with E-state index >= 15 is 0 Å². The maximum absolute atomic E-state index is 15.0. The summed E-state index contributed by atoms with van der Waals surface area (Å²) in [6.45, 7) is 0. The molecule has 0 heterocycles.